The van der Waals surface area contributed by atoms with E-state index < -0.39 is 0 Å². The second-order valence-electron chi connectivity index (χ2n) is 5.64. The van der Waals surface area contributed by atoms with Crippen LogP contribution in [0.25, 0.3) is 0 Å². The molecule has 1 saturated heterocycles. The first kappa shape index (κ1) is 17.6. The lowest BCUT2D eigenvalue weighted by Gasteiger charge is -2.38. The molecule has 1 fully saturated rings. The predicted molar refractivity (Wildman–Crippen MR) is 88.7 cm³/mol. The van der Waals surface area contributed by atoms with Gasteiger partial charge in [0.15, 0.2) is 0 Å². The van der Waals surface area contributed by atoms with Gasteiger partial charge in [0, 0.05) is 43.9 Å². The largest absolute Gasteiger partial charge is 0.375 e. The molecule has 3 nitrogen and oxygen atoms in total. The zero-order chi connectivity index (χ0) is 12.8. The summed E-state index contributed by atoms with van der Waals surface area (Å²) < 4.78 is 6.16. The third-order valence-corrected chi connectivity index (χ3v) is 4.56. The summed E-state index contributed by atoms with van der Waals surface area (Å²) in [6.07, 6.45) is 0. The van der Waals surface area contributed by atoms with Crippen molar-refractivity contribution in [2.24, 2.45) is 0 Å². The number of benzene rings is 1. The number of rotatable bonds is 2. The molecule has 0 unspecified atom stereocenters. The van der Waals surface area contributed by atoms with E-state index in [1.54, 1.807) is 0 Å². The van der Waals surface area contributed by atoms with Crippen LogP contribution in [0.15, 0.2) is 18.2 Å². The molecule has 2 atom stereocenters. The van der Waals surface area contributed by atoms with Crippen molar-refractivity contribution in [2.45, 2.75) is 32.0 Å². The van der Waals surface area contributed by atoms with Crippen LogP contribution in [0.2, 0.25) is 0 Å². The molecule has 1 aromatic rings. The fourth-order valence-corrected chi connectivity index (χ4v) is 3.24. The van der Waals surface area contributed by atoms with E-state index in [1.807, 2.05) is 0 Å². The van der Waals surface area contributed by atoms with Crippen LogP contribution in [-0.2, 0) is 11.3 Å². The van der Waals surface area contributed by atoms with Crippen LogP contribution < -0.4 is 10.2 Å². The minimum Gasteiger partial charge on any atom is -0.375 e. The molecule has 0 aromatic heterocycles. The molecule has 20 heavy (non-hydrogen) atoms. The molecule has 114 valence electrons. The molecule has 2 aliphatic heterocycles. The first-order valence-electron chi connectivity index (χ1n) is 6.83. The lowest BCUT2D eigenvalue weighted by molar-refractivity contribution is -0.0515. The summed E-state index contributed by atoms with van der Waals surface area (Å²) >= 11 is 0. The zero-order valence-corrected chi connectivity index (χ0v) is 13.9. The molecule has 0 saturated carbocycles. The number of fused-ring (bicyclic) bond motifs is 3. The van der Waals surface area contributed by atoms with Gasteiger partial charge in [0.05, 0.1) is 12.2 Å². The Morgan fingerprint density at radius 1 is 1.40 bits per heavy atom. The van der Waals surface area contributed by atoms with Crippen LogP contribution >= 0.6 is 24.8 Å². The van der Waals surface area contributed by atoms with Crippen LogP contribution in [0, 0.1) is 0 Å². The van der Waals surface area contributed by atoms with E-state index in [2.05, 4.69) is 49.3 Å². The van der Waals surface area contributed by atoms with Crippen molar-refractivity contribution < 1.29 is 4.74 Å². The Hall–Kier alpha value is -0.480. The summed E-state index contributed by atoms with van der Waals surface area (Å²) in [6, 6.07) is 6.67. The van der Waals surface area contributed by atoms with E-state index in [-0.39, 0.29) is 30.4 Å². The van der Waals surface area contributed by atoms with E-state index in [1.165, 1.54) is 16.8 Å². The Kier molecular flexibility index (Phi) is 5.73. The summed E-state index contributed by atoms with van der Waals surface area (Å²) in [5.74, 6) is 0.492. The monoisotopic (exact) mass is 318 g/mol. The van der Waals surface area contributed by atoms with Crippen LogP contribution in [0.3, 0.4) is 0 Å². The molecule has 1 aromatic carbocycles. The molecule has 2 heterocycles. The molecule has 0 amide bonds. The maximum atomic E-state index is 6.16. The van der Waals surface area contributed by atoms with E-state index in [9.17, 15) is 0 Å². The highest BCUT2D eigenvalue weighted by molar-refractivity contribution is 5.85. The van der Waals surface area contributed by atoms with Gasteiger partial charge in [-0.25, -0.2) is 0 Å². The van der Waals surface area contributed by atoms with Gasteiger partial charge in [-0.1, -0.05) is 12.1 Å². The van der Waals surface area contributed by atoms with Crippen LogP contribution in [-0.4, -0.2) is 32.3 Å². The number of hydrogen-bond donors (Lipinski definition) is 1. The van der Waals surface area contributed by atoms with Crippen molar-refractivity contribution in [1.82, 2.24) is 5.32 Å². The Morgan fingerprint density at radius 3 is 2.85 bits per heavy atom. The van der Waals surface area contributed by atoms with Gasteiger partial charge in [0.1, 0.15) is 0 Å². The van der Waals surface area contributed by atoms with Crippen LogP contribution in [0.1, 0.15) is 30.9 Å². The van der Waals surface area contributed by atoms with Gasteiger partial charge in [0.25, 0.3) is 0 Å². The number of nitrogens with one attached hydrogen (secondary N) is 1. The van der Waals surface area contributed by atoms with Gasteiger partial charge in [-0.3, -0.25) is 0 Å². The number of ether oxygens (including phenoxy) is 1. The van der Waals surface area contributed by atoms with Crippen LogP contribution in [0.5, 0.6) is 0 Å². The molecule has 2 aliphatic rings. The second kappa shape index (κ2) is 6.52. The highest BCUT2D eigenvalue weighted by Crippen LogP contribution is 2.43. The standard InChI is InChI=1S/C15H22N2O.2ClH/c1-4-17(3)14-7-5-6-11-12(14)9-18-15(2)10-16-8-13(11)15;;/h5-7,13,16H,4,8-10H2,1-3H3;2*1H/t13-,15-;;/m0../s1. The summed E-state index contributed by atoms with van der Waals surface area (Å²) in [5.41, 5.74) is 4.17. The summed E-state index contributed by atoms with van der Waals surface area (Å²) in [4.78, 5) is 2.30. The zero-order valence-electron chi connectivity index (χ0n) is 12.3. The van der Waals surface area contributed by atoms with E-state index in [4.69, 9.17) is 4.74 Å². The molecule has 1 N–H and O–H groups in total. The third kappa shape index (κ3) is 2.64. The lowest BCUT2D eigenvalue weighted by atomic mass is 9.81. The molecule has 0 bridgehead atoms. The SMILES string of the molecule is CCN(C)c1cccc2c1CO[C@@]1(C)CNC[C@@H]21.Cl.Cl. The number of halogens is 2. The second-order valence-corrected chi connectivity index (χ2v) is 5.64. The van der Waals surface area contributed by atoms with Gasteiger partial charge in [-0.2, -0.15) is 0 Å². The van der Waals surface area contributed by atoms with Crippen molar-refractivity contribution in [3.63, 3.8) is 0 Å². The number of anilines is 1. The minimum atomic E-state index is -0.0175. The lowest BCUT2D eigenvalue weighted by Crippen LogP contribution is -2.40. The normalized spacial score (nSPS) is 26.9. The first-order valence-corrected chi connectivity index (χ1v) is 6.83. The fraction of sp³-hybridized carbons (Fsp3) is 0.600. The average molecular weight is 319 g/mol. The van der Waals surface area contributed by atoms with E-state index in [0.717, 1.165) is 26.2 Å². The topological polar surface area (TPSA) is 24.5 Å². The van der Waals surface area contributed by atoms with E-state index in [0.29, 0.717) is 5.92 Å². The molecular weight excluding hydrogens is 295 g/mol. The molecule has 0 spiro atoms. The number of nitrogens with zero attached hydrogens (tertiary/aromatic N) is 1. The highest BCUT2D eigenvalue weighted by atomic mass is 35.5. The number of hydrogen-bond acceptors (Lipinski definition) is 3. The van der Waals surface area contributed by atoms with Crippen molar-refractivity contribution in [2.75, 3.05) is 31.6 Å². The molecular formula is C15H24Cl2N2O. The Labute approximate surface area is 133 Å². The van der Waals surface area contributed by atoms with E-state index >= 15 is 0 Å². The first-order chi connectivity index (χ1) is 8.65. The maximum Gasteiger partial charge on any atom is 0.0863 e. The molecule has 0 radical (unpaired) electrons. The van der Waals surface area contributed by atoms with Crippen molar-refractivity contribution in [1.29, 1.82) is 0 Å². The van der Waals surface area contributed by atoms with Gasteiger partial charge >= 0.3 is 0 Å². The quantitative estimate of drug-likeness (QED) is 0.907. The summed E-state index contributed by atoms with van der Waals surface area (Å²) in [6.45, 7) is 8.18. The smallest absolute Gasteiger partial charge is 0.0863 e. The summed E-state index contributed by atoms with van der Waals surface area (Å²) in [5, 5.41) is 3.47. The van der Waals surface area contributed by atoms with Gasteiger partial charge in [-0.05, 0) is 25.5 Å². The molecule has 5 heteroatoms. The van der Waals surface area contributed by atoms with Crippen molar-refractivity contribution in [3.05, 3.63) is 29.3 Å². The Bertz CT molecular complexity index is 469. The minimum absolute atomic E-state index is 0. The molecule has 0 aliphatic carbocycles. The van der Waals surface area contributed by atoms with Crippen molar-refractivity contribution >= 4 is 30.5 Å². The summed E-state index contributed by atoms with van der Waals surface area (Å²) in [7, 11) is 2.15. The van der Waals surface area contributed by atoms with Gasteiger partial charge in [-0.15, -0.1) is 24.8 Å². The van der Waals surface area contributed by atoms with Gasteiger partial charge < -0.3 is 15.0 Å². The Morgan fingerprint density at radius 2 is 2.15 bits per heavy atom. The van der Waals surface area contributed by atoms with Crippen LogP contribution in [0.4, 0.5) is 5.69 Å². The maximum absolute atomic E-state index is 6.16. The third-order valence-electron chi connectivity index (χ3n) is 4.56. The highest BCUT2D eigenvalue weighted by Gasteiger charge is 2.44. The fourth-order valence-electron chi connectivity index (χ4n) is 3.24. The predicted octanol–water partition coefficient (Wildman–Crippen LogP) is 2.96. The van der Waals surface area contributed by atoms with Crippen molar-refractivity contribution in [3.8, 4) is 0 Å². The molecule has 3 rings (SSSR count). The Balaban J connectivity index is 0.000001000. The average Bonchev–Trinajstić information content (AvgIpc) is 2.79. The van der Waals surface area contributed by atoms with Gasteiger partial charge in [0.2, 0.25) is 0 Å².